The zero-order chi connectivity index (χ0) is 23.5. The van der Waals surface area contributed by atoms with Gasteiger partial charge in [0.05, 0.1) is 9.27 Å². The van der Waals surface area contributed by atoms with Crippen LogP contribution >= 0.6 is 34.4 Å². The van der Waals surface area contributed by atoms with Crippen LogP contribution in [-0.4, -0.2) is 13.3 Å². The van der Waals surface area contributed by atoms with E-state index in [1.165, 1.54) is 38.9 Å². The molecular formula is C29H26IN3S. The van der Waals surface area contributed by atoms with Crippen molar-refractivity contribution in [2.24, 2.45) is 4.99 Å². The molecule has 3 aliphatic rings. The second-order valence-electron chi connectivity index (χ2n) is 8.66. The molecule has 0 fully saturated rings. The van der Waals surface area contributed by atoms with Crippen molar-refractivity contribution in [3.8, 4) is 6.07 Å². The summed E-state index contributed by atoms with van der Waals surface area (Å²) in [7, 11) is 1.74. The molecule has 0 amide bonds. The summed E-state index contributed by atoms with van der Waals surface area (Å²) in [6.07, 6.45) is 14.5. The summed E-state index contributed by atoms with van der Waals surface area (Å²) in [5, 5.41) is 9.36. The van der Waals surface area contributed by atoms with E-state index in [0.29, 0.717) is 9.50 Å². The summed E-state index contributed by atoms with van der Waals surface area (Å²) in [6, 6.07) is 19.8. The van der Waals surface area contributed by atoms with E-state index in [9.17, 15) is 5.26 Å². The lowest BCUT2D eigenvalue weighted by Gasteiger charge is -2.39. The number of rotatable bonds is 4. The molecule has 0 bridgehead atoms. The first-order chi connectivity index (χ1) is 16.7. The van der Waals surface area contributed by atoms with Crippen LogP contribution in [0.5, 0.6) is 0 Å². The molecule has 5 rings (SSSR count). The SMILES string of the molecule is CN=C/C(=C(\I)C#N)c1ccc(C2C=C(N3C4=C(C=CCC4)Sc4ccccc43)CCC2)cc1. The van der Waals surface area contributed by atoms with Gasteiger partial charge in [0.2, 0.25) is 0 Å². The molecule has 1 heterocycles. The minimum atomic E-state index is 0.394. The fraction of sp³-hybridized carbons (Fsp3) is 0.241. The number of para-hydroxylation sites is 1. The van der Waals surface area contributed by atoms with Gasteiger partial charge < -0.3 is 4.90 Å². The first kappa shape index (κ1) is 23.2. The normalized spacial score (nSPS) is 20.4. The van der Waals surface area contributed by atoms with Gasteiger partial charge in [-0.25, -0.2) is 0 Å². The molecule has 170 valence electrons. The van der Waals surface area contributed by atoms with E-state index in [-0.39, 0.29) is 0 Å². The molecule has 0 aromatic heterocycles. The molecule has 1 atom stereocenters. The van der Waals surface area contributed by atoms with E-state index in [1.807, 2.05) is 11.8 Å². The Labute approximate surface area is 219 Å². The van der Waals surface area contributed by atoms with Crippen molar-refractivity contribution in [1.29, 1.82) is 5.26 Å². The molecule has 2 aromatic carbocycles. The molecular weight excluding hydrogens is 549 g/mol. The van der Waals surface area contributed by atoms with Gasteiger partial charge in [0.15, 0.2) is 0 Å². The molecule has 34 heavy (non-hydrogen) atoms. The average molecular weight is 576 g/mol. The predicted octanol–water partition coefficient (Wildman–Crippen LogP) is 8.38. The Morgan fingerprint density at radius 2 is 2.00 bits per heavy atom. The highest BCUT2D eigenvalue weighted by Crippen LogP contribution is 2.49. The minimum Gasteiger partial charge on any atom is -0.316 e. The van der Waals surface area contributed by atoms with Crippen LogP contribution in [0.3, 0.4) is 0 Å². The van der Waals surface area contributed by atoms with E-state index in [0.717, 1.165) is 36.8 Å². The number of anilines is 1. The van der Waals surface area contributed by atoms with Crippen LogP contribution in [0.4, 0.5) is 5.69 Å². The van der Waals surface area contributed by atoms with Gasteiger partial charge in [-0.3, -0.25) is 4.99 Å². The zero-order valence-electron chi connectivity index (χ0n) is 19.2. The third kappa shape index (κ3) is 4.54. The number of benzene rings is 2. The second kappa shape index (κ2) is 10.4. The molecule has 1 aliphatic heterocycles. The molecule has 0 radical (unpaired) electrons. The Morgan fingerprint density at radius 1 is 1.18 bits per heavy atom. The zero-order valence-corrected chi connectivity index (χ0v) is 22.1. The number of allylic oxidation sites excluding steroid dienone is 7. The molecule has 5 heteroatoms. The number of thioether (sulfide) groups is 1. The highest BCUT2D eigenvalue weighted by molar-refractivity contribution is 14.1. The summed E-state index contributed by atoms with van der Waals surface area (Å²) < 4.78 is 0.656. The predicted molar refractivity (Wildman–Crippen MR) is 152 cm³/mol. The van der Waals surface area contributed by atoms with Crippen molar-refractivity contribution >= 4 is 51.8 Å². The standard InChI is InChI=1S/C29H26IN3S/c1-32-19-24(25(30)18-31)21-15-13-20(14-16-21)22-7-6-8-23(17-22)33-26-9-2-4-11-28(26)34-29-12-5-3-10-27(29)33/h2,4-5,9,11-17,19,22H,3,6-8,10H2,1H3/b25-24+,32-19?. The summed E-state index contributed by atoms with van der Waals surface area (Å²) in [5.74, 6) is 0.394. The number of hydrogen-bond donors (Lipinski definition) is 0. The van der Waals surface area contributed by atoms with Crippen molar-refractivity contribution in [2.45, 2.75) is 42.9 Å². The van der Waals surface area contributed by atoms with Crippen molar-refractivity contribution in [3.05, 3.63) is 97.8 Å². The van der Waals surface area contributed by atoms with Crippen LogP contribution in [0.15, 0.2) is 96.5 Å². The second-order valence-corrected chi connectivity index (χ2v) is 10.8. The number of hydrogen-bond acceptors (Lipinski definition) is 4. The van der Waals surface area contributed by atoms with Crippen LogP contribution in [0.25, 0.3) is 5.57 Å². The molecule has 0 spiro atoms. The Hall–Kier alpha value is -2.56. The van der Waals surface area contributed by atoms with Crippen molar-refractivity contribution in [2.75, 3.05) is 11.9 Å². The third-order valence-electron chi connectivity index (χ3n) is 6.57. The Balaban J connectivity index is 1.49. The van der Waals surface area contributed by atoms with Gasteiger partial charge in [0.1, 0.15) is 6.07 Å². The summed E-state index contributed by atoms with van der Waals surface area (Å²) in [4.78, 5) is 9.42. The average Bonchev–Trinajstić information content (AvgIpc) is 2.90. The maximum absolute atomic E-state index is 9.36. The van der Waals surface area contributed by atoms with E-state index in [1.54, 1.807) is 13.3 Å². The fourth-order valence-electron chi connectivity index (χ4n) is 4.97. The molecule has 2 aromatic rings. The number of halogens is 1. The summed E-state index contributed by atoms with van der Waals surface area (Å²) >= 11 is 3.99. The van der Waals surface area contributed by atoms with Gasteiger partial charge in [-0.2, -0.15) is 5.26 Å². The van der Waals surface area contributed by atoms with Gasteiger partial charge in [0.25, 0.3) is 0 Å². The lowest BCUT2D eigenvalue weighted by atomic mass is 9.86. The van der Waals surface area contributed by atoms with Gasteiger partial charge in [-0.15, -0.1) is 0 Å². The smallest absolute Gasteiger partial charge is 0.107 e. The Morgan fingerprint density at radius 3 is 2.79 bits per heavy atom. The highest BCUT2D eigenvalue weighted by Gasteiger charge is 2.30. The van der Waals surface area contributed by atoms with Crippen LogP contribution < -0.4 is 4.90 Å². The van der Waals surface area contributed by atoms with Gasteiger partial charge in [-0.1, -0.05) is 66.4 Å². The van der Waals surface area contributed by atoms with Crippen molar-refractivity contribution in [1.82, 2.24) is 0 Å². The fourth-order valence-corrected chi connectivity index (χ4v) is 6.55. The Bertz CT molecular complexity index is 1290. The number of fused-ring (bicyclic) bond motifs is 1. The van der Waals surface area contributed by atoms with E-state index < -0.39 is 0 Å². The largest absolute Gasteiger partial charge is 0.316 e. The summed E-state index contributed by atoms with van der Waals surface area (Å²) in [5.41, 5.74) is 7.44. The van der Waals surface area contributed by atoms with E-state index in [4.69, 9.17) is 0 Å². The maximum atomic E-state index is 9.36. The van der Waals surface area contributed by atoms with E-state index in [2.05, 4.69) is 105 Å². The minimum absolute atomic E-state index is 0.394. The van der Waals surface area contributed by atoms with Gasteiger partial charge >= 0.3 is 0 Å². The molecule has 1 unspecified atom stereocenters. The van der Waals surface area contributed by atoms with Crippen LogP contribution in [0.1, 0.15) is 49.1 Å². The summed E-state index contributed by atoms with van der Waals surface area (Å²) in [6.45, 7) is 0. The highest BCUT2D eigenvalue weighted by atomic mass is 127. The lowest BCUT2D eigenvalue weighted by molar-refractivity contribution is 0.619. The van der Waals surface area contributed by atoms with Crippen LogP contribution in [0.2, 0.25) is 0 Å². The first-order valence-electron chi connectivity index (χ1n) is 11.7. The molecule has 2 aliphatic carbocycles. The molecule has 0 saturated carbocycles. The molecule has 3 nitrogen and oxygen atoms in total. The number of aliphatic imine (C=N–C) groups is 1. The van der Waals surface area contributed by atoms with Gasteiger partial charge in [-0.05, 0) is 78.0 Å². The molecule has 0 N–H and O–H groups in total. The quantitative estimate of drug-likeness (QED) is 0.209. The van der Waals surface area contributed by atoms with E-state index >= 15 is 0 Å². The van der Waals surface area contributed by atoms with Crippen LogP contribution in [-0.2, 0) is 0 Å². The lowest BCUT2D eigenvalue weighted by Crippen LogP contribution is -2.28. The Kier molecular flexibility index (Phi) is 7.07. The topological polar surface area (TPSA) is 39.4 Å². The first-order valence-corrected chi connectivity index (χ1v) is 13.6. The van der Waals surface area contributed by atoms with Gasteiger partial charge in [0, 0.05) is 45.9 Å². The number of nitriles is 1. The molecule has 0 saturated heterocycles. The third-order valence-corrected chi connectivity index (χ3v) is 8.55. The van der Waals surface area contributed by atoms with Crippen molar-refractivity contribution < 1.29 is 0 Å². The van der Waals surface area contributed by atoms with Crippen molar-refractivity contribution in [3.63, 3.8) is 0 Å². The monoisotopic (exact) mass is 575 g/mol. The maximum Gasteiger partial charge on any atom is 0.107 e. The van der Waals surface area contributed by atoms with Crippen LogP contribution in [0, 0.1) is 11.3 Å². The number of nitrogens with zero attached hydrogens (tertiary/aromatic N) is 3.